The highest BCUT2D eigenvalue weighted by molar-refractivity contribution is 4.92. The Hall–Kier alpha value is -0.640. The second-order valence-corrected chi connectivity index (χ2v) is 4.47. The topological polar surface area (TPSA) is 37.2 Å². The SMILES string of the molecule is CCOC1CCCCCC2N=NN(C)C21. The van der Waals surface area contributed by atoms with Gasteiger partial charge in [-0.1, -0.05) is 24.5 Å². The first-order valence-corrected chi connectivity index (χ1v) is 6.08. The highest BCUT2D eigenvalue weighted by Crippen LogP contribution is 2.29. The lowest BCUT2D eigenvalue weighted by Gasteiger charge is -2.32. The molecule has 1 heterocycles. The molecule has 3 atom stereocenters. The van der Waals surface area contributed by atoms with E-state index in [0.29, 0.717) is 18.2 Å². The summed E-state index contributed by atoms with van der Waals surface area (Å²) in [6, 6.07) is 0.747. The molecule has 1 aliphatic carbocycles. The van der Waals surface area contributed by atoms with Crippen molar-refractivity contribution >= 4 is 0 Å². The van der Waals surface area contributed by atoms with Crippen molar-refractivity contribution in [1.82, 2.24) is 5.01 Å². The second-order valence-electron chi connectivity index (χ2n) is 4.47. The minimum absolute atomic E-state index is 0.320. The molecule has 1 saturated carbocycles. The summed E-state index contributed by atoms with van der Waals surface area (Å²) in [6.07, 6.45) is 6.52. The van der Waals surface area contributed by atoms with Crippen LogP contribution in [0, 0.1) is 0 Å². The Balaban J connectivity index is 2.06. The smallest absolute Gasteiger partial charge is 0.0987 e. The van der Waals surface area contributed by atoms with E-state index < -0.39 is 0 Å². The first-order chi connectivity index (χ1) is 7.33. The Bertz CT molecular complexity index is 232. The largest absolute Gasteiger partial charge is 0.376 e. The van der Waals surface area contributed by atoms with Gasteiger partial charge in [0.05, 0.1) is 18.2 Å². The minimum Gasteiger partial charge on any atom is -0.376 e. The van der Waals surface area contributed by atoms with Gasteiger partial charge in [-0.3, -0.25) is 5.01 Å². The molecule has 4 nitrogen and oxygen atoms in total. The standard InChI is InChI=1S/C11H21N3O/c1-3-15-10-8-6-4-5-7-9-11(10)14(2)13-12-9/h9-11H,3-8H2,1-2H3. The van der Waals surface area contributed by atoms with E-state index in [9.17, 15) is 0 Å². The van der Waals surface area contributed by atoms with E-state index in [2.05, 4.69) is 17.3 Å². The molecule has 0 amide bonds. The molecule has 2 aliphatic rings. The van der Waals surface area contributed by atoms with Gasteiger partial charge in [-0.2, -0.15) is 5.11 Å². The fourth-order valence-corrected chi connectivity index (χ4v) is 2.68. The van der Waals surface area contributed by atoms with Gasteiger partial charge >= 0.3 is 0 Å². The van der Waals surface area contributed by atoms with E-state index in [1.54, 1.807) is 0 Å². The molecular weight excluding hydrogens is 190 g/mol. The molecule has 0 saturated heterocycles. The van der Waals surface area contributed by atoms with Crippen LogP contribution in [0.25, 0.3) is 0 Å². The first-order valence-electron chi connectivity index (χ1n) is 6.08. The van der Waals surface area contributed by atoms with Crippen LogP contribution in [0.3, 0.4) is 0 Å². The second kappa shape index (κ2) is 4.92. The highest BCUT2D eigenvalue weighted by atomic mass is 16.5. The molecule has 3 unspecified atom stereocenters. The van der Waals surface area contributed by atoms with E-state index in [-0.39, 0.29) is 0 Å². The third-order valence-electron chi connectivity index (χ3n) is 3.42. The zero-order valence-corrected chi connectivity index (χ0v) is 9.72. The van der Waals surface area contributed by atoms with Crippen LogP contribution in [-0.2, 0) is 4.74 Å². The number of rotatable bonds is 2. The van der Waals surface area contributed by atoms with Crippen molar-refractivity contribution in [2.45, 2.75) is 57.2 Å². The zero-order chi connectivity index (χ0) is 10.7. The van der Waals surface area contributed by atoms with Crippen molar-refractivity contribution in [2.24, 2.45) is 10.3 Å². The van der Waals surface area contributed by atoms with Crippen molar-refractivity contribution in [3.8, 4) is 0 Å². The van der Waals surface area contributed by atoms with Crippen molar-refractivity contribution in [2.75, 3.05) is 13.7 Å². The molecule has 0 aromatic carbocycles. The van der Waals surface area contributed by atoms with Gasteiger partial charge in [-0.05, 0) is 19.8 Å². The van der Waals surface area contributed by atoms with Crippen LogP contribution < -0.4 is 0 Å². The van der Waals surface area contributed by atoms with Crippen LogP contribution in [0.2, 0.25) is 0 Å². The average molecular weight is 211 g/mol. The molecule has 0 bridgehead atoms. The first kappa shape index (κ1) is 10.9. The number of hydrogen-bond donors (Lipinski definition) is 0. The summed E-state index contributed by atoms with van der Waals surface area (Å²) in [7, 11) is 2.02. The fourth-order valence-electron chi connectivity index (χ4n) is 2.68. The number of fused-ring (bicyclic) bond motifs is 1. The van der Waals surface area contributed by atoms with Crippen LogP contribution in [0.4, 0.5) is 0 Å². The van der Waals surface area contributed by atoms with Gasteiger partial charge in [0.1, 0.15) is 0 Å². The molecule has 0 aromatic heterocycles. The Labute approximate surface area is 91.7 Å². The average Bonchev–Trinajstić information content (AvgIpc) is 2.53. The monoisotopic (exact) mass is 211 g/mol. The quantitative estimate of drug-likeness (QED) is 0.703. The van der Waals surface area contributed by atoms with Gasteiger partial charge in [0, 0.05) is 13.7 Å². The lowest BCUT2D eigenvalue weighted by Crippen LogP contribution is -2.44. The molecule has 4 heteroatoms. The summed E-state index contributed by atoms with van der Waals surface area (Å²) in [4.78, 5) is 0. The van der Waals surface area contributed by atoms with Crippen molar-refractivity contribution in [1.29, 1.82) is 0 Å². The molecule has 1 fully saturated rings. The van der Waals surface area contributed by atoms with Gasteiger partial charge in [0.15, 0.2) is 0 Å². The van der Waals surface area contributed by atoms with Gasteiger partial charge in [-0.25, -0.2) is 0 Å². The van der Waals surface area contributed by atoms with E-state index in [1.807, 2.05) is 12.1 Å². The Morgan fingerprint density at radius 1 is 1.27 bits per heavy atom. The van der Waals surface area contributed by atoms with Crippen LogP contribution in [0.15, 0.2) is 10.3 Å². The van der Waals surface area contributed by atoms with E-state index >= 15 is 0 Å². The fraction of sp³-hybridized carbons (Fsp3) is 1.00. The molecule has 0 N–H and O–H groups in total. The van der Waals surface area contributed by atoms with Crippen LogP contribution >= 0.6 is 0 Å². The molecule has 0 spiro atoms. The number of likely N-dealkylation sites (N-methyl/N-ethyl adjacent to an activating group) is 1. The molecule has 1 aliphatic heterocycles. The summed E-state index contributed by atoms with van der Waals surface area (Å²) in [5.41, 5.74) is 0. The van der Waals surface area contributed by atoms with Crippen molar-refractivity contribution < 1.29 is 4.74 Å². The minimum atomic E-state index is 0.320. The lowest BCUT2D eigenvalue weighted by molar-refractivity contribution is -0.00894. The molecule has 86 valence electrons. The number of nitrogens with zero attached hydrogens (tertiary/aromatic N) is 3. The van der Waals surface area contributed by atoms with E-state index in [4.69, 9.17) is 4.74 Å². The van der Waals surface area contributed by atoms with Crippen LogP contribution in [-0.4, -0.2) is 36.9 Å². The Kier molecular flexibility index (Phi) is 3.57. The normalized spacial score (nSPS) is 36.1. The Morgan fingerprint density at radius 3 is 2.87 bits per heavy atom. The summed E-state index contributed by atoms with van der Waals surface area (Å²) in [5.74, 6) is 0. The van der Waals surface area contributed by atoms with Gasteiger partial charge < -0.3 is 4.74 Å². The Morgan fingerprint density at radius 2 is 2.07 bits per heavy atom. The molecule has 0 aromatic rings. The van der Waals surface area contributed by atoms with Crippen molar-refractivity contribution in [3.63, 3.8) is 0 Å². The maximum Gasteiger partial charge on any atom is 0.0987 e. The summed E-state index contributed by atoms with van der Waals surface area (Å²) in [6.45, 7) is 2.86. The highest BCUT2D eigenvalue weighted by Gasteiger charge is 2.37. The lowest BCUT2D eigenvalue weighted by atomic mass is 9.90. The van der Waals surface area contributed by atoms with Crippen LogP contribution in [0.5, 0.6) is 0 Å². The number of ether oxygens (including phenoxy) is 1. The maximum atomic E-state index is 5.84. The maximum absolute atomic E-state index is 5.84. The third-order valence-corrected chi connectivity index (χ3v) is 3.42. The van der Waals surface area contributed by atoms with Gasteiger partial charge in [0.25, 0.3) is 0 Å². The molecule has 0 radical (unpaired) electrons. The van der Waals surface area contributed by atoms with Crippen molar-refractivity contribution in [3.05, 3.63) is 0 Å². The zero-order valence-electron chi connectivity index (χ0n) is 9.72. The summed E-state index contributed by atoms with van der Waals surface area (Å²) in [5, 5.41) is 10.5. The molecule has 15 heavy (non-hydrogen) atoms. The van der Waals surface area contributed by atoms with Gasteiger partial charge in [0.2, 0.25) is 0 Å². The molecular formula is C11H21N3O. The van der Waals surface area contributed by atoms with Crippen LogP contribution in [0.1, 0.15) is 39.0 Å². The van der Waals surface area contributed by atoms with Gasteiger partial charge in [-0.15, -0.1) is 0 Å². The van der Waals surface area contributed by atoms with E-state index in [0.717, 1.165) is 13.0 Å². The summed E-state index contributed by atoms with van der Waals surface area (Å²) >= 11 is 0. The predicted octanol–water partition coefficient (Wildman–Crippen LogP) is 2.41. The predicted molar refractivity (Wildman–Crippen MR) is 58.7 cm³/mol. The third kappa shape index (κ3) is 2.30. The van der Waals surface area contributed by atoms with E-state index in [1.165, 1.54) is 25.7 Å². The molecule has 2 rings (SSSR count). The number of hydrogen-bond acceptors (Lipinski definition) is 4. The summed E-state index contributed by atoms with van der Waals surface area (Å²) < 4.78 is 5.84.